The summed E-state index contributed by atoms with van der Waals surface area (Å²) >= 11 is 1.89. The molecule has 0 amide bonds. The average Bonchev–Trinajstić information content (AvgIpc) is 3.87. The molecule has 0 N–H and O–H groups in total. The van der Waals surface area contributed by atoms with E-state index < -0.39 is 0 Å². The van der Waals surface area contributed by atoms with Crippen LogP contribution in [0.15, 0.2) is 164 Å². The molecule has 8 aromatic carbocycles. The molecule has 1 unspecified atom stereocenters. The first-order chi connectivity index (χ1) is 24.3. The van der Waals surface area contributed by atoms with Crippen molar-refractivity contribution in [1.82, 2.24) is 0 Å². The number of thiophene rings is 1. The van der Waals surface area contributed by atoms with Crippen LogP contribution >= 0.6 is 11.3 Å². The first-order valence-electron chi connectivity index (χ1n) is 17.0. The highest BCUT2D eigenvalue weighted by atomic mass is 32.1. The van der Waals surface area contributed by atoms with Crippen LogP contribution in [0.3, 0.4) is 0 Å². The van der Waals surface area contributed by atoms with E-state index in [1.165, 1.54) is 104 Å². The number of anilines is 3. The summed E-state index contributed by atoms with van der Waals surface area (Å²) in [6.45, 7) is 0. The van der Waals surface area contributed by atoms with Crippen LogP contribution in [0.5, 0.6) is 0 Å². The molecule has 3 aliphatic rings. The normalized spacial score (nSPS) is 15.8. The fourth-order valence-corrected chi connectivity index (χ4v) is 10.8. The maximum absolute atomic E-state index is 2.53. The zero-order chi connectivity index (χ0) is 31.8. The summed E-state index contributed by atoms with van der Waals surface area (Å²) in [5.74, 6) is 0. The van der Waals surface area contributed by atoms with Gasteiger partial charge in [-0.05, 0) is 91.4 Å². The van der Waals surface area contributed by atoms with Crippen molar-refractivity contribution in [1.29, 1.82) is 0 Å². The molecule has 0 fully saturated rings. The van der Waals surface area contributed by atoms with E-state index >= 15 is 0 Å². The Morgan fingerprint density at radius 3 is 1.82 bits per heavy atom. The summed E-state index contributed by atoms with van der Waals surface area (Å²) in [5.41, 5.74) is 17.2. The quantitative estimate of drug-likeness (QED) is 0.186. The van der Waals surface area contributed by atoms with Gasteiger partial charge in [0.05, 0.1) is 21.5 Å². The number of benzene rings is 8. The average molecular weight is 638 g/mol. The van der Waals surface area contributed by atoms with Crippen LogP contribution in [0.25, 0.3) is 64.3 Å². The lowest BCUT2D eigenvalue weighted by molar-refractivity contribution is 0.818. The van der Waals surface area contributed by atoms with Gasteiger partial charge in [-0.1, -0.05) is 133 Å². The van der Waals surface area contributed by atoms with Crippen LogP contribution in [0.4, 0.5) is 17.1 Å². The summed E-state index contributed by atoms with van der Waals surface area (Å²) in [4.78, 5) is 2.53. The molecule has 1 spiro atoms. The monoisotopic (exact) mass is 637 g/mol. The molecule has 12 rings (SSSR count). The van der Waals surface area contributed by atoms with Crippen LogP contribution in [-0.4, -0.2) is 0 Å². The fraction of sp³-hybridized carbons (Fsp3) is 0.0213. The van der Waals surface area contributed by atoms with E-state index in [0.717, 1.165) is 0 Å². The van der Waals surface area contributed by atoms with Crippen molar-refractivity contribution in [3.05, 3.63) is 186 Å². The van der Waals surface area contributed by atoms with Crippen LogP contribution in [-0.2, 0) is 5.41 Å². The second-order valence-electron chi connectivity index (χ2n) is 13.6. The van der Waals surface area contributed by atoms with Crippen molar-refractivity contribution in [2.45, 2.75) is 5.41 Å². The minimum absolute atomic E-state index is 0.326. The molecule has 0 bridgehead atoms. The standard InChI is InChI=1S/C47H27NS/c1-2-13-30-28(11-1)12-7-22-41(30)48(42-23-10-20-38-33-15-4-6-24-43(33)49-46(38)42)29-25-26-32-35-17-9-19-37-36-18-8-16-34-31-14-3-5-21-39(31)47(44(34)36,45(35)37)40(32)27-29/h1-27H. The predicted octanol–water partition coefficient (Wildman–Crippen LogP) is 13.0. The highest BCUT2D eigenvalue weighted by Crippen LogP contribution is 2.70. The van der Waals surface area contributed by atoms with E-state index in [4.69, 9.17) is 0 Å². The third-order valence-corrected chi connectivity index (χ3v) is 12.6. The molecule has 1 atom stereocenters. The lowest BCUT2D eigenvalue weighted by atomic mass is 9.73. The van der Waals surface area contributed by atoms with Gasteiger partial charge in [-0.15, -0.1) is 11.3 Å². The fourth-order valence-electron chi connectivity index (χ4n) is 9.60. The molecule has 3 aliphatic carbocycles. The third kappa shape index (κ3) is 3.08. The van der Waals surface area contributed by atoms with E-state index in [0.29, 0.717) is 0 Å². The van der Waals surface area contributed by atoms with Crippen LogP contribution in [0.2, 0.25) is 0 Å². The minimum Gasteiger partial charge on any atom is -0.308 e. The van der Waals surface area contributed by atoms with Gasteiger partial charge in [0.1, 0.15) is 0 Å². The SMILES string of the molecule is c1ccc2c(c1)-c1cccc3c1C21c2cc(N(c4cccc5ccccc45)c4cccc5c4sc4ccccc45)ccc2-c2cccc-3c21. The number of rotatable bonds is 3. The first-order valence-corrected chi connectivity index (χ1v) is 17.8. The van der Waals surface area contributed by atoms with Crippen LogP contribution in [0.1, 0.15) is 22.3 Å². The molecule has 0 saturated heterocycles. The van der Waals surface area contributed by atoms with Gasteiger partial charge in [-0.3, -0.25) is 0 Å². The molecular formula is C47H27NS. The molecule has 0 radical (unpaired) electrons. The van der Waals surface area contributed by atoms with E-state index in [9.17, 15) is 0 Å². The highest BCUT2D eigenvalue weighted by molar-refractivity contribution is 7.26. The Labute approximate surface area is 288 Å². The van der Waals surface area contributed by atoms with Gasteiger partial charge in [0, 0.05) is 26.5 Å². The van der Waals surface area contributed by atoms with Gasteiger partial charge in [0.25, 0.3) is 0 Å². The summed E-state index contributed by atoms with van der Waals surface area (Å²) in [6, 6.07) is 61.5. The zero-order valence-electron chi connectivity index (χ0n) is 26.4. The van der Waals surface area contributed by atoms with E-state index in [1.54, 1.807) is 0 Å². The topological polar surface area (TPSA) is 3.24 Å². The van der Waals surface area contributed by atoms with E-state index in [1.807, 2.05) is 11.3 Å². The lowest BCUT2D eigenvalue weighted by Crippen LogP contribution is -2.23. The molecule has 1 nitrogen and oxygen atoms in total. The zero-order valence-corrected chi connectivity index (χ0v) is 27.3. The Balaban J connectivity index is 1.20. The van der Waals surface area contributed by atoms with Gasteiger partial charge in [-0.25, -0.2) is 0 Å². The number of nitrogens with zero attached hydrogens (tertiary/aromatic N) is 1. The maximum Gasteiger partial charge on any atom is 0.0738 e. The number of fused-ring (bicyclic) bond motifs is 9. The minimum atomic E-state index is -0.326. The van der Waals surface area contributed by atoms with Gasteiger partial charge in [0.2, 0.25) is 0 Å². The van der Waals surface area contributed by atoms with Gasteiger partial charge < -0.3 is 4.90 Å². The Kier molecular flexibility index (Phi) is 4.86. The summed E-state index contributed by atoms with van der Waals surface area (Å²) < 4.78 is 2.62. The van der Waals surface area contributed by atoms with Crippen molar-refractivity contribution >= 4 is 59.3 Å². The molecule has 1 heterocycles. The molecule has 0 saturated carbocycles. The smallest absolute Gasteiger partial charge is 0.0738 e. The van der Waals surface area contributed by atoms with Crippen molar-refractivity contribution in [2.24, 2.45) is 0 Å². The third-order valence-electron chi connectivity index (χ3n) is 11.4. The Morgan fingerprint density at radius 1 is 0.408 bits per heavy atom. The van der Waals surface area contributed by atoms with Crippen LogP contribution in [0, 0.1) is 0 Å². The van der Waals surface area contributed by atoms with Crippen molar-refractivity contribution in [3.8, 4) is 33.4 Å². The number of hydrogen-bond acceptors (Lipinski definition) is 2. The maximum atomic E-state index is 2.53. The largest absolute Gasteiger partial charge is 0.308 e. The van der Waals surface area contributed by atoms with Crippen LogP contribution < -0.4 is 4.90 Å². The van der Waals surface area contributed by atoms with Gasteiger partial charge in [0.15, 0.2) is 0 Å². The predicted molar refractivity (Wildman–Crippen MR) is 207 cm³/mol. The second kappa shape index (κ2) is 9.14. The van der Waals surface area contributed by atoms with Gasteiger partial charge >= 0.3 is 0 Å². The lowest BCUT2D eigenvalue weighted by Gasteiger charge is -2.31. The summed E-state index contributed by atoms with van der Waals surface area (Å²) in [5, 5.41) is 5.10. The first kappa shape index (κ1) is 26.0. The molecular weight excluding hydrogens is 611 g/mol. The molecule has 0 aliphatic heterocycles. The van der Waals surface area contributed by atoms with E-state index in [-0.39, 0.29) is 5.41 Å². The van der Waals surface area contributed by atoms with Crippen molar-refractivity contribution in [2.75, 3.05) is 4.90 Å². The summed E-state index contributed by atoms with van der Waals surface area (Å²) in [7, 11) is 0. The molecule has 49 heavy (non-hydrogen) atoms. The van der Waals surface area contributed by atoms with E-state index in [2.05, 4.69) is 169 Å². The Bertz CT molecular complexity index is 2870. The second-order valence-corrected chi connectivity index (χ2v) is 14.6. The highest BCUT2D eigenvalue weighted by Gasteiger charge is 2.57. The van der Waals surface area contributed by atoms with Gasteiger partial charge in [-0.2, -0.15) is 0 Å². The summed E-state index contributed by atoms with van der Waals surface area (Å²) in [6.07, 6.45) is 0. The van der Waals surface area contributed by atoms with Crippen molar-refractivity contribution < 1.29 is 0 Å². The Morgan fingerprint density at radius 2 is 0.980 bits per heavy atom. The number of hydrogen-bond donors (Lipinski definition) is 0. The molecule has 2 heteroatoms. The molecule has 1 aromatic heterocycles. The molecule has 226 valence electrons. The molecule has 9 aromatic rings. The Hall–Kier alpha value is -5.96. The van der Waals surface area contributed by atoms with Crippen molar-refractivity contribution in [3.63, 3.8) is 0 Å².